The maximum atomic E-state index is 9.73. The molecule has 23 heavy (non-hydrogen) atoms. The number of nitrogens with zero attached hydrogens (tertiary/aromatic N) is 2. The number of aliphatic hydroxyl groups is 2. The van der Waals surface area contributed by atoms with Crippen molar-refractivity contribution in [2.24, 2.45) is 17.8 Å². The van der Waals surface area contributed by atoms with E-state index >= 15 is 0 Å². The Morgan fingerprint density at radius 2 is 1.78 bits per heavy atom. The minimum atomic E-state index is 0.269. The Hall–Kier alpha value is -0.880. The van der Waals surface area contributed by atoms with Crippen LogP contribution in [0.1, 0.15) is 24.4 Å². The Labute approximate surface area is 138 Å². The van der Waals surface area contributed by atoms with Crippen LogP contribution in [0.5, 0.6) is 0 Å². The van der Waals surface area contributed by atoms with Gasteiger partial charge in [-0.3, -0.25) is 4.90 Å². The van der Waals surface area contributed by atoms with Gasteiger partial charge in [0.1, 0.15) is 11.5 Å². The predicted octanol–water partition coefficient (Wildman–Crippen LogP) is 1.33. The van der Waals surface area contributed by atoms with Gasteiger partial charge in [-0.2, -0.15) is 0 Å². The molecule has 0 saturated carbocycles. The van der Waals surface area contributed by atoms with Gasteiger partial charge in [-0.25, -0.2) is 0 Å². The molecule has 130 valence electrons. The molecular weight excluding hydrogens is 292 g/mol. The molecule has 5 nitrogen and oxygen atoms in total. The van der Waals surface area contributed by atoms with Crippen molar-refractivity contribution in [3.63, 3.8) is 0 Å². The summed E-state index contributed by atoms with van der Waals surface area (Å²) in [7, 11) is 0. The molecule has 1 aromatic heterocycles. The fourth-order valence-corrected chi connectivity index (χ4v) is 4.05. The van der Waals surface area contributed by atoms with Crippen molar-refractivity contribution in [3.8, 4) is 0 Å². The summed E-state index contributed by atoms with van der Waals surface area (Å²) in [4.78, 5) is 4.92. The number of aliphatic hydroxyl groups excluding tert-OH is 2. The minimum Gasteiger partial charge on any atom is -0.465 e. The summed E-state index contributed by atoms with van der Waals surface area (Å²) < 4.78 is 5.69. The Bertz CT molecular complexity index is 482. The lowest BCUT2D eigenvalue weighted by Gasteiger charge is -2.33. The number of hydrogen-bond donors (Lipinski definition) is 2. The van der Waals surface area contributed by atoms with Crippen molar-refractivity contribution in [2.75, 3.05) is 45.9 Å². The van der Waals surface area contributed by atoms with E-state index in [1.807, 2.05) is 13.0 Å². The quantitative estimate of drug-likeness (QED) is 0.827. The lowest BCUT2D eigenvalue weighted by Crippen LogP contribution is -2.40. The summed E-state index contributed by atoms with van der Waals surface area (Å²) in [5.41, 5.74) is 0. The topological polar surface area (TPSA) is 60.1 Å². The first-order valence-electron chi connectivity index (χ1n) is 8.89. The predicted molar refractivity (Wildman–Crippen MR) is 89.0 cm³/mol. The standard InChI is InChI=1S/C18H30N2O3/c1-14-2-3-18(23-14)11-20-9-16(17(10-20)13-22)8-19-6-4-15(12-21)5-7-19/h2-3,15-17,21-22H,4-13H2,1H3/t16-,17-/m0/s1. The van der Waals surface area contributed by atoms with Crippen molar-refractivity contribution in [3.05, 3.63) is 23.7 Å². The summed E-state index contributed by atoms with van der Waals surface area (Å²) in [5.74, 6) is 3.36. The van der Waals surface area contributed by atoms with E-state index in [0.717, 1.165) is 63.6 Å². The molecule has 0 amide bonds. The summed E-state index contributed by atoms with van der Waals surface area (Å²) in [6.45, 7) is 8.62. The van der Waals surface area contributed by atoms with Crippen LogP contribution in [0.15, 0.2) is 16.5 Å². The Morgan fingerprint density at radius 1 is 1.04 bits per heavy atom. The SMILES string of the molecule is Cc1ccc(CN2C[C@@H](CO)[C@@H](CN3CCC(CO)CC3)C2)o1. The van der Waals surface area contributed by atoms with Gasteiger partial charge >= 0.3 is 0 Å². The number of aryl methyl sites for hydroxylation is 1. The molecule has 0 aromatic carbocycles. The van der Waals surface area contributed by atoms with Crippen LogP contribution in [0.2, 0.25) is 0 Å². The normalized spacial score (nSPS) is 27.8. The zero-order valence-electron chi connectivity index (χ0n) is 14.2. The molecule has 0 aliphatic carbocycles. The average Bonchev–Trinajstić information content (AvgIpc) is 3.14. The minimum absolute atomic E-state index is 0.269. The van der Waals surface area contributed by atoms with E-state index in [2.05, 4.69) is 15.9 Å². The van der Waals surface area contributed by atoms with Crippen LogP contribution in [-0.4, -0.2) is 66.0 Å². The number of likely N-dealkylation sites (tertiary alicyclic amines) is 2. The van der Waals surface area contributed by atoms with Crippen molar-refractivity contribution in [1.82, 2.24) is 9.80 Å². The summed E-state index contributed by atoms with van der Waals surface area (Å²) in [5, 5.41) is 19.0. The summed E-state index contributed by atoms with van der Waals surface area (Å²) >= 11 is 0. The van der Waals surface area contributed by atoms with Gasteiger partial charge in [0.2, 0.25) is 0 Å². The Kier molecular flexibility index (Phi) is 5.75. The fraction of sp³-hybridized carbons (Fsp3) is 0.778. The van der Waals surface area contributed by atoms with Crippen LogP contribution in [0.25, 0.3) is 0 Å². The number of piperidine rings is 1. The van der Waals surface area contributed by atoms with E-state index in [0.29, 0.717) is 24.4 Å². The third-order valence-electron chi connectivity index (χ3n) is 5.52. The van der Waals surface area contributed by atoms with Crippen molar-refractivity contribution in [2.45, 2.75) is 26.3 Å². The third-order valence-corrected chi connectivity index (χ3v) is 5.52. The zero-order chi connectivity index (χ0) is 16.2. The first kappa shape index (κ1) is 17.0. The molecule has 5 heteroatoms. The highest BCUT2D eigenvalue weighted by molar-refractivity contribution is 5.06. The van der Waals surface area contributed by atoms with Crippen LogP contribution in [0.4, 0.5) is 0 Å². The van der Waals surface area contributed by atoms with E-state index in [4.69, 9.17) is 4.42 Å². The molecule has 0 spiro atoms. The molecule has 0 bridgehead atoms. The average molecular weight is 322 g/mol. The van der Waals surface area contributed by atoms with Crippen molar-refractivity contribution >= 4 is 0 Å². The van der Waals surface area contributed by atoms with Gasteiger partial charge in [0.25, 0.3) is 0 Å². The van der Waals surface area contributed by atoms with Crippen LogP contribution in [-0.2, 0) is 6.54 Å². The second kappa shape index (κ2) is 7.79. The largest absolute Gasteiger partial charge is 0.465 e. The van der Waals surface area contributed by atoms with Gasteiger partial charge < -0.3 is 19.5 Å². The van der Waals surface area contributed by atoms with Crippen LogP contribution in [0.3, 0.4) is 0 Å². The molecule has 0 unspecified atom stereocenters. The molecule has 3 heterocycles. The fourth-order valence-electron chi connectivity index (χ4n) is 4.05. The summed E-state index contributed by atoms with van der Waals surface area (Å²) in [6, 6.07) is 4.06. The molecule has 2 atom stereocenters. The molecule has 0 radical (unpaired) electrons. The lowest BCUT2D eigenvalue weighted by molar-refractivity contribution is 0.106. The maximum Gasteiger partial charge on any atom is 0.118 e. The van der Waals surface area contributed by atoms with Crippen molar-refractivity contribution < 1.29 is 14.6 Å². The van der Waals surface area contributed by atoms with E-state index in [9.17, 15) is 10.2 Å². The maximum absolute atomic E-state index is 9.73. The molecule has 2 aliphatic heterocycles. The molecule has 1 aromatic rings. The van der Waals surface area contributed by atoms with Gasteiger partial charge in [0.05, 0.1) is 6.54 Å². The molecule has 2 aliphatic rings. The third kappa shape index (κ3) is 4.35. The number of rotatable bonds is 6. The Balaban J connectivity index is 1.50. The first-order valence-corrected chi connectivity index (χ1v) is 8.89. The molecule has 2 fully saturated rings. The van der Waals surface area contributed by atoms with Crippen molar-refractivity contribution in [1.29, 1.82) is 0 Å². The monoisotopic (exact) mass is 322 g/mol. The van der Waals surface area contributed by atoms with Gasteiger partial charge in [0.15, 0.2) is 0 Å². The van der Waals surface area contributed by atoms with E-state index < -0.39 is 0 Å². The zero-order valence-corrected chi connectivity index (χ0v) is 14.2. The highest BCUT2D eigenvalue weighted by Gasteiger charge is 2.34. The van der Waals surface area contributed by atoms with Gasteiger partial charge in [-0.1, -0.05) is 0 Å². The van der Waals surface area contributed by atoms with Crippen LogP contribution >= 0.6 is 0 Å². The van der Waals surface area contributed by atoms with Gasteiger partial charge in [-0.05, 0) is 62.7 Å². The van der Waals surface area contributed by atoms with Crippen LogP contribution in [0, 0.1) is 24.7 Å². The highest BCUT2D eigenvalue weighted by Crippen LogP contribution is 2.27. The van der Waals surface area contributed by atoms with E-state index in [1.165, 1.54) is 0 Å². The van der Waals surface area contributed by atoms with E-state index in [-0.39, 0.29) is 6.61 Å². The number of furan rings is 1. The lowest BCUT2D eigenvalue weighted by atomic mass is 9.93. The second-order valence-electron chi connectivity index (χ2n) is 7.34. The first-order chi connectivity index (χ1) is 11.2. The number of hydrogen-bond acceptors (Lipinski definition) is 5. The highest BCUT2D eigenvalue weighted by atomic mass is 16.3. The van der Waals surface area contributed by atoms with Crippen LogP contribution < -0.4 is 0 Å². The summed E-state index contributed by atoms with van der Waals surface area (Å²) in [6.07, 6.45) is 2.20. The second-order valence-corrected chi connectivity index (χ2v) is 7.34. The Morgan fingerprint density at radius 3 is 2.39 bits per heavy atom. The smallest absolute Gasteiger partial charge is 0.118 e. The molecular formula is C18H30N2O3. The van der Waals surface area contributed by atoms with Gasteiger partial charge in [0, 0.05) is 32.8 Å². The molecule has 2 N–H and O–H groups in total. The molecule has 2 saturated heterocycles. The van der Waals surface area contributed by atoms with Gasteiger partial charge in [-0.15, -0.1) is 0 Å². The molecule has 3 rings (SSSR count). The van der Waals surface area contributed by atoms with E-state index in [1.54, 1.807) is 0 Å².